The number of aromatic amines is 1. The zero-order chi connectivity index (χ0) is 19.8. The number of pyridine rings is 1. The summed E-state index contributed by atoms with van der Waals surface area (Å²) in [5, 5.41) is 5.93. The third-order valence-corrected chi connectivity index (χ3v) is 5.82. The average Bonchev–Trinajstić information content (AvgIpc) is 3.20. The maximum atomic E-state index is 12.9. The Balaban J connectivity index is 1.30. The number of carbonyl (C=O) groups is 1. The number of amides is 1. The number of H-pyrrole nitrogens is 1. The number of hydrogen-bond donors (Lipinski definition) is 1. The first-order valence-electron chi connectivity index (χ1n) is 9.85. The van der Waals surface area contributed by atoms with Crippen LogP contribution in [0.2, 0.25) is 0 Å². The number of nitrogens with one attached hydrogen (secondary N) is 1. The fraction of sp³-hybridized carbons (Fsp3) is 0.273. The number of carbonyl (C=O) groups excluding carboxylic acids is 1. The predicted molar refractivity (Wildman–Crippen MR) is 111 cm³/mol. The smallest absolute Gasteiger partial charge is 0.244 e. The molecule has 0 spiro atoms. The van der Waals surface area contributed by atoms with Crippen molar-refractivity contribution >= 4 is 27.8 Å². The van der Waals surface area contributed by atoms with Gasteiger partial charge in [0.1, 0.15) is 12.2 Å². The van der Waals surface area contributed by atoms with Gasteiger partial charge in [-0.15, -0.1) is 0 Å². The minimum atomic E-state index is -0.127. The highest BCUT2D eigenvalue weighted by Crippen LogP contribution is 2.32. The van der Waals surface area contributed by atoms with Crippen molar-refractivity contribution in [2.24, 2.45) is 0 Å². The van der Waals surface area contributed by atoms with Gasteiger partial charge in [0.15, 0.2) is 0 Å². The second-order valence-electron chi connectivity index (χ2n) is 7.48. The number of nitrogens with zero attached hydrogens (tertiary/aromatic N) is 4. The third-order valence-electron chi connectivity index (χ3n) is 5.82. The van der Waals surface area contributed by atoms with Crippen molar-refractivity contribution in [3.05, 3.63) is 70.8 Å². The van der Waals surface area contributed by atoms with Gasteiger partial charge in [0, 0.05) is 36.3 Å². The average molecular weight is 387 g/mol. The van der Waals surface area contributed by atoms with Gasteiger partial charge in [-0.25, -0.2) is 4.98 Å². The molecule has 146 valence electrons. The van der Waals surface area contributed by atoms with Crippen molar-refractivity contribution in [1.29, 1.82) is 0 Å². The lowest BCUT2D eigenvalue weighted by molar-refractivity contribution is -0.133. The number of para-hydroxylation sites is 1. The van der Waals surface area contributed by atoms with Crippen LogP contribution in [-0.4, -0.2) is 43.6 Å². The van der Waals surface area contributed by atoms with Crippen LogP contribution in [-0.2, 0) is 11.3 Å². The zero-order valence-corrected chi connectivity index (χ0v) is 15.9. The van der Waals surface area contributed by atoms with Crippen LogP contribution in [0.15, 0.2) is 59.8 Å². The van der Waals surface area contributed by atoms with E-state index in [1.165, 1.54) is 17.1 Å². The largest absolute Gasteiger partial charge is 0.346 e. The molecule has 7 nitrogen and oxygen atoms in total. The topological polar surface area (TPSA) is 83.9 Å². The number of aromatic nitrogens is 4. The SMILES string of the molecule is O=C(Cn1ncc(=O)c2ccccc21)N1CCC(c2c[nH]c3ncccc23)CC1. The van der Waals surface area contributed by atoms with Gasteiger partial charge in [-0.2, -0.15) is 5.10 Å². The molecule has 1 aliphatic heterocycles. The monoisotopic (exact) mass is 387 g/mol. The van der Waals surface area contributed by atoms with Crippen LogP contribution in [0.1, 0.15) is 24.3 Å². The lowest BCUT2D eigenvalue weighted by atomic mass is 9.89. The molecule has 0 saturated carbocycles. The molecule has 4 heterocycles. The number of benzene rings is 1. The summed E-state index contributed by atoms with van der Waals surface area (Å²) in [4.78, 5) is 34.4. The second-order valence-corrected chi connectivity index (χ2v) is 7.48. The number of rotatable bonds is 3. The molecule has 0 atom stereocenters. The molecule has 1 fully saturated rings. The molecule has 1 saturated heterocycles. The lowest BCUT2D eigenvalue weighted by Crippen LogP contribution is -2.40. The molecule has 0 aliphatic carbocycles. The van der Waals surface area contributed by atoms with Crippen LogP contribution in [0.25, 0.3) is 21.9 Å². The molecule has 0 radical (unpaired) electrons. The van der Waals surface area contributed by atoms with Gasteiger partial charge >= 0.3 is 0 Å². The third kappa shape index (κ3) is 3.18. The highest BCUT2D eigenvalue weighted by atomic mass is 16.2. The molecule has 29 heavy (non-hydrogen) atoms. The van der Waals surface area contributed by atoms with Crippen LogP contribution in [0, 0.1) is 0 Å². The van der Waals surface area contributed by atoms with Crippen molar-refractivity contribution in [2.45, 2.75) is 25.3 Å². The predicted octanol–water partition coefficient (Wildman–Crippen LogP) is 2.68. The van der Waals surface area contributed by atoms with Crippen LogP contribution < -0.4 is 5.43 Å². The molecule has 1 aromatic carbocycles. The van der Waals surface area contributed by atoms with Crippen molar-refractivity contribution in [1.82, 2.24) is 24.6 Å². The van der Waals surface area contributed by atoms with E-state index in [9.17, 15) is 9.59 Å². The molecule has 0 unspecified atom stereocenters. The van der Waals surface area contributed by atoms with Gasteiger partial charge in [-0.3, -0.25) is 14.3 Å². The van der Waals surface area contributed by atoms with E-state index in [1.54, 1.807) is 16.9 Å². The maximum absolute atomic E-state index is 12.9. The van der Waals surface area contributed by atoms with E-state index in [0.29, 0.717) is 29.9 Å². The van der Waals surface area contributed by atoms with Crippen molar-refractivity contribution in [3.8, 4) is 0 Å². The van der Waals surface area contributed by atoms with E-state index in [4.69, 9.17) is 0 Å². The summed E-state index contributed by atoms with van der Waals surface area (Å²) in [7, 11) is 0. The molecule has 1 N–H and O–H groups in total. The number of fused-ring (bicyclic) bond motifs is 2. The quantitative estimate of drug-likeness (QED) is 0.586. The Hall–Kier alpha value is -3.48. The molecule has 4 aromatic rings. The van der Waals surface area contributed by atoms with E-state index < -0.39 is 0 Å². The summed E-state index contributed by atoms with van der Waals surface area (Å²) in [5.74, 6) is 0.453. The first kappa shape index (κ1) is 17.6. The van der Waals surface area contributed by atoms with Crippen LogP contribution in [0.3, 0.4) is 0 Å². The summed E-state index contributed by atoms with van der Waals surface area (Å²) >= 11 is 0. The number of piperidine rings is 1. The van der Waals surface area contributed by atoms with Crippen LogP contribution in [0.5, 0.6) is 0 Å². The first-order chi connectivity index (χ1) is 14.2. The van der Waals surface area contributed by atoms with Gasteiger partial charge in [-0.1, -0.05) is 12.1 Å². The van der Waals surface area contributed by atoms with E-state index in [0.717, 1.165) is 18.5 Å². The summed E-state index contributed by atoms with van der Waals surface area (Å²) in [6.45, 7) is 1.57. The molecule has 1 amide bonds. The van der Waals surface area contributed by atoms with Gasteiger partial charge < -0.3 is 9.88 Å². The molecule has 0 bridgehead atoms. The Morgan fingerprint density at radius 1 is 1.10 bits per heavy atom. The van der Waals surface area contributed by atoms with E-state index in [2.05, 4.69) is 27.3 Å². The van der Waals surface area contributed by atoms with E-state index >= 15 is 0 Å². The molecule has 1 aliphatic rings. The minimum absolute atomic E-state index is 0.0327. The Kier molecular flexibility index (Phi) is 4.35. The Morgan fingerprint density at radius 2 is 1.90 bits per heavy atom. The normalized spacial score (nSPS) is 15.2. The van der Waals surface area contributed by atoms with Crippen molar-refractivity contribution in [2.75, 3.05) is 13.1 Å². The van der Waals surface area contributed by atoms with Gasteiger partial charge in [0.2, 0.25) is 11.3 Å². The number of hydrogen-bond acceptors (Lipinski definition) is 4. The lowest BCUT2D eigenvalue weighted by Gasteiger charge is -2.32. The molecule has 3 aromatic heterocycles. The standard InChI is InChI=1S/C22H21N5O2/c28-20-13-25-27(19-6-2-1-4-17(19)20)14-21(29)26-10-7-15(8-11-26)18-12-24-22-16(18)5-3-9-23-22/h1-6,9,12-13,15H,7-8,10-11,14H2,(H,23,24). The fourth-order valence-corrected chi connectivity index (χ4v) is 4.27. The van der Waals surface area contributed by atoms with Crippen LogP contribution in [0.4, 0.5) is 0 Å². The summed E-state index contributed by atoms with van der Waals surface area (Å²) < 4.78 is 1.62. The van der Waals surface area contributed by atoms with Crippen molar-refractivity contribution < 1.29 is 4.79 Å². The highest BCUT2D eigenvalue weighted by Gasteiger charge is 2.26. The Bertz CT molecular complexity index is 1250. The van der Waals surface area contributed by atoms with Gasteiger partial charge in [0.05, 0.1) is 11.7 Å². The Morgan fingerprint density at radius 3 is 2.76 bits per heavy atom. The summed E-state index contributed by atoms with van der Waals surface area (Å²) in [6, 6.07) is 11.3. The summed E-state index contributed by atoms with van der Waals surface area (Å²) in [6.07, 6.45) is 6.97. The maximum Gasteiger partial charge on any atom is 0.244 e. The van der Waals surface area contributed by atoms with Gasteiger partial charge in [0.25, 0.3) is 0 Å². The summed E-state index contributed by atoms with van der Waals surface area (Å²) in [5.41, 5.74) is 2.76. The highest BCUT2D eigenvalue weighted by molar-refractivity contribution is 5.82. The number of likely N-dealkylation sites (tertiary alicyclic amines) is 1. The van der Waals surface area contributed by atoms with Crippen LogP contribution >= 0.6 is 0 Å². The molecular weight excluding hydrogens is 366 g/mol. The van der Waals surface area contributed by atoms with E-state index in [1.807, 2.05) is 29.2 Å². The first-order valence-corrected chi connectivity index (χ1v) is 9.85. The molecule has 5 rings (SSSR count). The molecule has 7 heteroatoms. The van der Waals surface area contributed by atoms with Gasteiger partial charge in [-0.05, 0) is 48.6 Å². The second kappa shape index (κ2) is 7.16. The molecular formula is C22H21N5O2. The van der Waals surface area contributed by atoms with E-state index in [-0.39, 0.29) is 17.9 Å². The minimum Gasteiger partial charge on any atom is -0.346 e. The van der Waals surface area contributed by atoms with Crippen molar-refractivity contribution in [3.63, 3.8) is 0 Å². The zero-order valence-electron chi connectivity index (χ0n) is 15.9. The Labute approximate surface area is 167 Å². The fourth-order valence-electron chi connectivity index (χ4n) is 4.27.